The minimum atomic E-state index is -0.434. The molecule has 128 valence electrons. The maximum atomic E-state index is 12.4. The summed E-state index contributed by atoms with van der Waals surface area (Å²) in [7, 11) is 1.64. The van der Waals surface area contributed by atoms with Gasteiger partial charge in [0.25, 0.3) is 0 Å². The lowest BCUT2D eigenvalue weighted by atomic mass is 10.1. The number of methoxy groups -OCH3 is 1. The van der Waals surface area contributed by atoms with E-state index in [0.717, 1.165) is 17.9 Å². The van der Waals surface area contributed by atoms with Crippen molar-refractivity contribution in [2.24, 2.45) is 0 Å². The van der Waals surface area contributed by atoms with Crippen molar-refractivity contribution in [2.45, 2.75) is 19.0 Å². The lowest BCUT2D eigenvalue weighted by Gasteiger charge is -2.35. The normalized spacial score (nSPS) is 21.0. The third-order valence-corrected chi connectivity index (χ3v) is 4.55. The largest absolute Gasteiger partial charge is 0.496 e. The summed E-state index contributed by atoms with van der Waals surface area (Å²) in [5.41, 5.74) is 1.02. The first-order chi connectivity index (χ1) is 11.7. The van der Waals surface area contributed by atoms with Gasteiger partial charge in [-0.25, -0.2) is 0 Å². The van der Waals surface area contributed by atoms with Crippen molar-refractivity contribution in [1.82, 2.24) is 15.1 Å². The van der Waals surface area contributed by atoms with Crippen LogP contribution in [0.1, 0.15) is 12.0 Å². The Labute approximate surface area is 142 Å². The summed E-state index contributed by atoms with van der Waals surface area (Å²) in [6.07, 6.45) is 4.17. The molecule has 0 saturated carbocycles. The molecular formula is C18H23N3O3. The van der Waals surface area contributed by atoms with Crippen LogP contribution in [0.25, 0.3) is 0 Å². The Bertz CT molecular complexity index is 636. The van der Waals surface area contributed by atoms with E-state index < -0.39 is 6.04 Å². The standard InChI is InChI=1S/C18H23N3O3/c1-24-16-7-3-2-6-14(16)13-21-11-8-19-18(23)15(21)12-17(22)20-9-4-5-10-20/h2-7,15H,8-13H2,1H3,(H,19,23)/t15-/m0/s1. The van der Waals surface area contributed by atoms with Gasteiger partial charge in [0, 0.05) is 38.3 Å². The van der Waals surface area contributed by atoms with Crippen LogP contribution < -0.4 is 10.1 Å². The van der Waals surface area contributed by atoms with E-state index in [-0.39, 0.29) is 18.2 Å². The van der Waals surface area contributed by atoms with Crippen molar-refractivity contribution in [1.29, 1.82) is 0 Å². The molecule has 0 spiro atoms. The van der Waals surface area contributed by atoms with E-state index in [9.17, 15) is 9.59 Å². The van der Waals surface area contributed by atoms with E-state index in [2.05, 4.69) is 10.2 Å². The predicted octanol–water partition coefficient (Wildman–Crippen LogP) is 0.784. The number of amides is 2. The van der Waals surface area contributed by atoms with Gasteiger partial charge in [-0.2, -0.15) is 0 Å². The van der Waals surface area contributed by atoms with Crippen LogP contribution >= 0.6 is 0 Å². The number of nitrogens with zero attached hydrogens (tertiary/aromatic N) is 2. The number of hydrogen-bond acceptors (Lipinski definition) is 4. The molecule has 1 aromatic rings. The second-order valence-electron chi connectivity index (χ2n) is 6.06. The van der Waals surface area contributed by atoms with E-state index in [1.54, 1.807) is 12.0 Å². The number of ether oxygens (including phenoxy) is 1. The average Bonchev–Trinajstić information content (AvgIpc) is 3.13. The number of hydrogen-bond donors (Lipinski definition) is 1. The van der Waals surface area contributed by atoms with Gasteiger partial charge in [-0.15, -0.1) is 0 Å². The molecule has 1 atom stereocenters. The molecule has 3 rings (SSSR count). The van der Waals surface area contributed by atoms with E-state index in [1.807, 2.05) is 36.4 Å². The van der Waals surface area contributed by atoms with Crippen molar-refractivity contribution in [3.05, 3.63) is 42.0 Å². The minimum absolute atomic E-state index is 0.0204. The van der Waals surface area contributed by atoms with Gasteiger partial charge in [-0.1, -0.05) is 30.4 Å². The van der Waals surface area contributed by atoms with Crippen molar-refractivity contribution in [3.63, 3.8) is 0 Å². The number of para-hydroxylation sites is 1. The average molecular weight is 329 g/mol. The molecule has 0 aliphatic carbocycles. The third kappa shape index (κ3) is 3.59. The summed E-state index contributed by atoms with van der Waals surface area (Å²) < 4.78 is 5.40. The van der Waals surface area contributed by atoms with Crippen LogP contribution in [0, 0.1) is 0 Å². The number of piperazine rings is 1. The Balaban J connectivity index is 1.71. The number of carbonyl (C=O) groups is 2. The zero-order chi connectivity index (χ0) is 16.9. The van der Waals surface area contributed by atoms with Crippen LogP contribution in [0.5, 0.6) is 5.75 Å². The first-order valence-corrected chi connectivity index (χ1v) is 8.25. The summed E-state index contributed by atoms with van der Waals surface area (Å²) in [6, 6.07) is 7.35. The Hall–Kier alpha value is -2.34. The maximum absolute atomic E-state index is 12.4. The predicted molar refractivity (Wildman–Crippen MR) is 90.5 cm³/mol. The van der Waals surface area contributed by atoms with Gasteiger partial charge in [-0.05, 0) is 6.07 Å². The molecule has 1 aromatic carbocycles. The van der Waals surface area contributed by atoms with Crippen molar-refractivity contribution in [3.8, 4) is 5.75 Å². The van der Waals surface area contributed by atoms with Crippen LogP contribution in [0.4, 0.5) is 0 Å². The fraction of sp³-hybridized carbons (Fsp3) is 0.444. The monoisotopic (exact) mass is 329 g/mol. The van der Waals surface area contributed by atoms with Crippen LogP contribution in [0.15, 0.2) is 36.4 Å². The van der Waals surface area contributed by atoms with Crippen LogP contribution in [-0.2, 0) is 16.1 Å². The molecule has 0 bridgehead atoms. The van der Waals surface area contributed by atoms with Crippen molar-refractivity contribution >= 4 is 11.8 Å². The van der Waals surface area contributed by atoms with Gasteiger partial charge in [-0.3, -0.25) is 14.5 Å². The molecule has 0 aromatic heterocycles. The van der Waals surface area contributed by atoms with Gasteiger partial charge in [0.1, 0.15) is 5.75 Å². The molecule has 2 heterocycles. The second-order valence-corrected chi connectivity index (χ2v) is 6.06. The topological polar surface area (TPSA) is 61.9 Å². The zero-order valence-corrected chi connectivity index (χ0v) is 13.9. The van der Waals surface area contributed by atoms with E-state index in [1.165, 1.54) is 0 Å². The van der Waals surface area contributed by atoms with Gasteiger partial charge >= 0.3 is 0 Å². The lowest BCUT2D eigenvalue weighted by molar-refractivity contribution is -0.138. The first kappa shape index (κ1) is 16.5. The van der Waals surface area contributed by atoms with Crippen LogP contribution in [0.3, 0.4) is 0 Å². The molecule has 6 nitrogen and oxygen atoms in total. The summed E-state index contributed by atoms with van der Waals surface area (Å²) in [4.78, 5) is 28.6. The molecule has 6 heteroatoms. The van der Waals surface area contributed by atoms with Gasteiger partial charge < -0.3 is 15.0 Å². The summed E-state index contributed by atoms with van der Waals surface area (Å²) in [5.74, 6) is 0.751. The summed E-state index contributed by atoms with van der Waals surface area (Å²) in [5, 5.41) is 2.87. The molecule has 0 unspecified atom stereocenters. The molecule has 2 aliphatic rings. The van der Waals surface area contributed by atoms with Gasteiger partial charge in [0.15, 0.2) is 0 Å². The van der Waals surface area contributed by atoms with Crippen LogP contribution in [0.2, 0.25) is 0 Å². The molecule has 2 amide bonds. The van der Waals surface area contributed by atoms with Crippen molar-refractivity contribution in [2.75, 3.05) is 33.3 Å². The molecule has 2 aliphatic heterocycles. The molecular weight excluding hydrogens is 306 g/mol. The zero-order valence-electron chi connectivity index (χ0n) is 13.9. The van der Waals surface area contributed by atoms with Gasteiger partial charge in [0.05, 0.1) is 19.6 Å². The molecule has 1 N–H and O–H groups in total. The molecule has 24 heavy (non-hydrogen) atoms. The highest BCUT2D eigenvalue weighted by Crippen LogP contribution is 2.22. The highest BCUT2D eigenvalue weighted by Gasteiger charge is 2.33. The number of rotatable bonds is 5. The second kappa shape index (κ2) is 7.49. The van der Waals surface area contributed by atoms with Crippen molar-refractivity contribution < 1.29 is 14.3 Å². The SMILES string of the molecule is COc1ccccc1CN1CCNC(=O)[C@@H]1CC(=O)N1CC=CC1. The number of carbonyl (C=O) groups excluding carboxylic acids is 2. The third-order valence-electron chi connectivity index (χ3n) is 4.55. The molecule has 0 radical (unpaired) electrons. The summed E-state index contributed by atoms with van der Waals surface area (Å²) in [6.45, 7) is 3.19. The Kier molecular flexibility index (Phi) is 5.15. The fourth-order valence-electron chi connectivity index (χ4n) is 3.20. The Morgan fingerprint density at radius 2 is 2.04 bits per heavy atom. The highest BCUT2D eigenvalue weighted by molar-refractivity contribution is 5.89. The first-order valence-electron chi connectivity index (χ1n) is 8.25. The quantitative estimate of drug-likeness (QED) is 0.811. The number of nitrogens with one attached hydrogen (secondary N) is 1. The maximum Gasteiger partial charge on any atom is 0.237 e. The van der Waals surface area contributed by atoms with E-state index in [4.69, 9.17) is 4.74 Å². The van der Waals surface area contributed by atoms with Gasteiger partial charge in [0.2, 0.25) is 11.8 Å². The minimum Gasteiger partial charge on any atom is -0.496 e. The van der Waals surface area contributed by atoms with Crippen LogP contribution in [-0.4, -0.2) is 60.9 Å². The van der Waals surface area contributed by atoms with E-state index >= 15 is 0 Å². The summed E-state index contributed by atoms with van der Waals surface area (Å²) >= 11 is 0. The Morgan fingerprint density at radius 1 is 1.29 bits per heavy atom. The molecule has 1 fully saturated rings. The smallest absolute Gasteiger partial charge is 0.237 e. The number of benzene rings is 1. The highest BCUT2D eigenvalue weighted by atomic mass is 16.5. The molecule has 1 saturated heterocycles. The van der Waals surface area contributed by atoms with E-state index in [0.29, 0.717) is 26.2 Å². The Morgan fingerprint density at radius 3 is 2.79 bits per heavy atom. The lowest BCUT2D eigenvalue weighted by Crippen LogP contribution is -2.56. The fourth-order valence-corrected chi connectivity index (χ4v) is 3.20.